The van der Waals surface area contributed by atoms with E-state index in [0.29, 0.717) is 17.0 Å². The molecule has 6 nitrogen and oxygen atoms in total. The van der Waals surface area contributed by atoms with E-state index < -0.39 is 15.8 Å². The lowest BCUT2D eigenvalue weighted by Crippen LogP contribution is -2.56. The summed E-state index contributed by atoms with van der Waals surface area (Å²) in [5.74, 6) is -0.215. The highest BCUT2D eigenvalue weighted by atomic mass is 32.2. The van der Waals surface area contributed by atoms with Crippen LogP contribution in [0.3, 0.4) is 0 Å². The molecule has 0 atom stereocenters. The molecule has 0 saturated carbocycles. The molecule has 2 heterocycles. The average Bonchev–Trinajstić information content (AvgIpc) is 2.53. The summed E-state index contributed by atoms with van der Waals surface area (Å²) in [6.45, 7) is 0.483. The van der Waals surface area contributed by atoms with E-state index in [4.69, 9.17) is 10.00 Å². The largest absolute Gasteiger partial charge is 0.472 e. The van der Waals surface area contributed by atoms with Crippen molar-refractivity contribution >= 4 is 10.0 Å². The first kappa shape index (κ1) is 16.4. The molecule has 24 heavy (non-hydrogen) atoms. The highest BCUT2D eigenvalue weighted by molar-refractivity contribution is 7.88. The minimum atomic E-state index is -3.46. The van der Waals surface area contributed by atoms with Gasteiger partial charge in [0, 0.05) is 12.3 Å². The summed E-state index contributed by atoms with van der Waals surface area (Å²) < 4.78 is 44.3. The molecule has 1 aromatic carbocycles. The Labute approximate surface area is 139 Å². The summed E-state index contributed by atoms with van der Waals surface area (Å²) in [6.07, 6.45) is 1.13. The third-order valence-corrected chi connectivity index (χ3v) is 5.41. The van der Waals surface area contributed by atoms with Crippen molar-refractivity contribution in [3.8, 4) is 11.9 Å². The van der Waals surface area contributed by atoms with Gasteiger partial charge in [-0.25, -0.2) is 17.8 Å². The van der Waals surface area contributed by atoms with Gasteiger partial charge in [-0.15, -0.1) is 0 Å². The van der Waals surface area contributed by atoms with Crippen LogP contribution in [0.4, 0.5) is 4.39 Å². The van der Waals surface area contributed by atoms with Crippen LogP contribution in [0.1, 0.15) is 11.1 Å². The second-order valence-corrected chi connectivity index (χ2v) is 7.41. The van der Waals surface area contributed by atoms with Crippen LogP contribution in [0.25, 0.3) is 0 Å². The molecule has 0 radical (unpaired) electrons. The Morgan fingerprint density at radius 3 is 2.54 bits per heavy atom. The first-order chi connectivity index (χ1) is 11.5. The van der Waals surface area contributed by atoms with E-state index in [0.717, 1.165) is 0 Å². The monoisotopic (exact) mass is 347 g/mol. The molecule has 0 unspecified atom stereocenters. The fourth-order valence-electron chi connectivity index (χ4n) is 2.27. The number of benzene rings is 1. The lowest BCUT2D eigenvalue weighted by molar-refractivity contribution is 0.0720. The molecule has 1 aromatic heterocycles. The molecule has 0 aliphatic carbocycles. The van der Waals surface area contributed by atoms with Gasteiger partial charge in [-0.3, -0.25) is 0 Å². The number of nitriles is 1. The second kappa shape index (κ2) is 6.55. The summed E-state index contributed by atoms with van der Waals surface area (Å²) in [4.78, 5) is 3.99. The second-order valence-electron chi connectivity index (χ2n) is 5.44. The summed E-state index contributed by atoms with van der Waals surface area (Å²) in [5.41, 5.74) is 0.967. The third kappa shape index (κ3) is 3.69. The lowest BCUT2D eigenvalue weighted by Gasteiger charge is -2.37. The van der Waals surface area contributed by atoms with E-state index >= 15 is 0 Å². The molecule has 124 valence electrons. The Balaban J connectivity index is 1.55. The zero-order valence-corrected chi connectivity index (χ0v) is 13.4. The van der Waals surface area contributed by atoms with Crippen LogP contribution in [0.5, 0.6) is 5.88 Å². The van der Waals surface area contributed by atoms with Crippen molar-refractivity contribution in [1.29, 1.82) is 5.26 Å². The Bertz CT molecular complexity index is 855. The van der Waals surface area contributed by atoms with Gasteiger partial charge in [0.1, 0.15) is 18.0 Å². The fraction of sp³-hybridized carbons (Fsp3) is 0.250. The van der Waals surface area contributed by atoms with Gasteiger partial charge >= 0.3 is 0 Å². The van der Waals surface area contributed by atoms with Gasteiger partial charge in [0.2, 0.25) is 15.9 Å². The molecular weight excluding hydrogens is 333 g/mol. The van der Waals surface area contributed by atoms with Gasteiger partial charge in [-0.05, 0) is 23.8 Å². The molecule has 1 aliphatic rings. The highest BCUT2D eigenvalue weighted by Crippen LogP contribution is 2.21. The number of halogens is 1. The first-order valence-electron chi connectivity index (χ1n) is 7.21. The SMILES string of the molecule is N#Cc1ccc(OC2CN(S(=O)(=O)Cc3ccc(F)cc3)C2)nc1. The highest BCUT2D eigenvalue weighted by Gasteiger charge is 2.37. The van der Waals surface area contributed by atoms with Crippen molar-refractivity contribution < 1.29 is 17.5 Å². The zero-order valence-electron chi connectivity index (χ0n) is 12.6. The van der Waals surface area contributed by atoms with Gasteiger partial charge in [-0.2, -0.15) is 9.57 Å². The summed E-state index contributed by atoms with van der Waals surface area (Å²) in [6, 6.07) is 10.5. The van der Waals surface area contributed by atoms with Gasteiger partial charge in [-0.1, -0.05) is 12.1 Å². The number of nitrogens with zero attached hydrogens (tertiary/aromatic N) is 3. The number of rotatable bonds is 5. The van der Waals surface area contributed by atoms with E-state index in [1.165, 1.54) is 34.8 Å². The van der Waals surface area contributed by atoms with Crippen LogP contribution < -0.4 is 4.74 Å². The van der Waals surface area contributed by atoms with E-state index in [9.17, 15) is 12.8 Å². The van der Waals surface area contributed by atoms with E-state index in [1.54, 1.807) is 12.1 Å². The lowest BCUT2D eigenvalue weighted by atomic mass is 10.2. The van der Waals surface area contributed by atoms with Crippen molar-refractivity contribution in [3.05, 3.63) is 59.5 Å². The molecule has 1 fully saturated rings. The summed E-state index contributed by atoms with van der Waals surface area (Å²) in [5, 5.41) is 8.70. The van der Waals surface area contributed by atoms with Crippen LogP contribution >= 0.6 is 0 Å². The maximum atomic E-state index is 12.9. The quantitative estimate of drug-likeness (QED) is 0.822. The van der Waals surface area contributed by atoms with E-state index in [1.807, 2.05) is 6.07 Å². The number of ether oxygens (including phenoxy) is 1. The maximum absolute atomic E-state index is 12.9. The van der Waals surface area contributed by atoms with Crippen LogP contribution in [0, 0.1) is 17.1 Å². The molecule has 2 aromatic rings. The molecule has 0 N–H and O–H groups in total. The van der Waals surface area contributed by atoms with Crippen molar-refractivity contribution in [2.24, 2.45) is 0 Å². The van der Waals surface area contributed by atoms with Crippen LogP contribution in [0.2, 0.25) is 0 Å². The molecule has 0 spiro atoms. The minimum Gasteiger partial charge on any atom is -0.472 e. The van der Waals surface area contributed by atoms with Crippen molar-refractivity contribution in [2.75, 3.05) is 13.1 Å². The normalized spacial score (nSPS) is 15.5. The number of pyridine rings is 1. The molecular formula is C16H14FN3O3S. The van der Waals surface area contributed by atoms with Gasteiger partial charge in [0.25, 0.3) is 0 Å². The van der Waals surface area contributed by atoms with Crippen LogP contribution in [-0.2, 0) is 15.8 Å². The van der Waals surface area contributed by atoms with Crippen molar-refractivity contribution in [3.63, 3.8) is 0 Å². The Morgan fingerprint density at radius 2 is 1.96 bits per heavy atom. The predicted molar refractivity (Wildman–Crippen MR) is 84.0 cm³/mol. The van der Waals surface area contributed by atoms with E-state index in [-0.39, 0.29) is 24.9 Å². The Hall–Kier alpha value is -2.50. The van der Waals surface area contributed by atoms with Crippen molar-refractivity contribution in [1.82, 2.24) is 9.29 Å². The molecule has 8 heteroatoms. The third-order valence-electron chi connectivity index (χ3n) is 3.62. The maximum Gasteiger partial charge on any atom is 0.218 e. The van der Waals surface area contributed by atoms with E-state index in [2.05, 4.69) is 4.98 Å². The van der Waals surface area contributed by atoms with Crippen LogP contribution in [0.15, 0.2) is 42.6 Å². The molecule has 1 aliphatic heterocycles. The minimum absolute atomic E-state index is 0.172. The summed E-state index contributed by atoms with van der Waals surface area (Å²) in [7, 11) is -3.46. The smallest absolute Gasteiger partial charge is 0.218 e. The molecule has 1 saturated heterocycles. The number of aromatic nitrogens is 1. The standard InChI is InChI=1S/C16H14FN3O3S/c17-14-4-1-12(2-5-14)11-24(21,22)20-9-15(10-20)23-16-6-3-13(7-18)8-19-16/h1-6,8,15H,9-11H2. The number of sulfonamides is 1. The average molecular weight is 347 g/mol. The fourth-order valence-corrected chi connectivity index (χ4v) is 3.85. The zero-order chi connectivity index (χ0) is 17.2. The Morgan fingerprint density at radius 1 is 1.25 bits per heavy atom. The molecule has 0 amide bonds. The first-order valence-corrected chi connectivity index (χ1v) is 8.82. The molecule has 3 rings (SSSR count). The summed E-state index contributed by atoms with van der Waals surface area (Å²) >= 11 is 0. The van der Waals surface area contributed by atoms with Crippen LogP contribution in [-0.4, -0.2) is 36.9 Å². The van der Waals surface area contributed by atoms with Gasteiger partial charge in [0.05, 0.1) is 24.4 Å². The predicted octanol–water partition coefficient (Wildman–Crippen LogP) is 1.69. The number of hydrogen-bond acceptors (Lipinski definition) is 5. The topological polar surface area (TPSA) is 83.3 Å². The van der Waals surface area contributed by atoms with Crippen molar-refractivity contribution in [2.45, 2.75) is 11.9 Å². The Kier molecular flexibility index (Phi) is 4.46. The number of hydrogen-bond donors (Lipinski definition) is 0. The van der Waals surface area contributed by atoms with Gasteiger partial charge in [0.15, 0.2) is 0 Å². The molecule has 0 bridgehead atoms. The van der Waals surface area contributed by atoms with Gasteiger partial charge < -0.3 is 4.74 Å².